The second-order valence-electron chi connectivity index (χ2n) is 9.66. The Morgan fingerprint density at radius 2 is 1.57 bits per heavy atom. The molecule has 40 heavy (non-hydrogen) atoms. The third kappa shape index (κ3) is 6.37. The first kappa shape index (κ1) is 29.3. The number of hydrogen-bond acceptors (Lipinski definition) is 2. The molecule has 0 heterocycles. The Kier molecular flexibility index (Phi) is 7.83. The molecule has 0 saturated heterocycles. The highest BCUT2D eigenvalue weighted by atomic mass is 19.4. The van der Waals surface area contributed by atoms with Crippen LogP contribution in [0, 0.1) is 24.5 Å². The second kappa shape index (κ2) is 10.7. The summed E-state index contributed by atoms with van der Waals surface area (Å²) in [7, 11) is 0. The molecule has 4 rings (SSSR count). The van der Waals surface area contributed by atoms with Crippen molar-refractivity contribution in [1.29, 1.82) is 0 Å². The largest absolute Gasteiger partial charge is 0.461 e. The molecule has 0 radical (unpaired) electrons. The van der Waals surface area contributed by atoms with Gasteiger partial charge in [0.25, 0.3) is 0 Å². The Morgan fingerprint density at radius 1 is 0.925 bits per heavy atom. The predicted molar refractivity (Wildman–Crippen MR) is 126 cm³/mol. The van der Waals surface area contributed by atoms with Crippen LogP contribution in [0.25, 0.3) is 0 Å². The molecule has 1 fully saturated rings. The van der Waals surface area contributed by atoms with Crippen molar-refractivity contribution in [3.63, 3.8) is 0 Å². The maximum absolute atomic E-state index is 14.8. The van der Waals surface area contributed by atoms with Crippen molar-refractivity contribution in [3.05, 3.63) is 100 Å². The topological polar surface area (TPSA) is 38.3 Å². The zero-order valence-corrected chi connectivity index (χ0v) is 20.8. The fraction of sp³-hybridized carbons (Fsp3) is 0.321. The van der Waals surface area contributed by atoms with E-state index in [1.165, 1.54) is 0 Å². The SMILES string of the molecule is Cc1ccc(C[C@@](NC(=O)C2CC2)(c2cc(F)cc(OC(F)(F)C(F)F)c2)c2ccc(F)c(C(F)(F)F)c2)cc1. The molecule has 0 aromatic heterocycles. The average molecular weight is 575 g/mol. The molecule has 0 spiro atoms. The van der Waals surface area contributed by atoms with Crippen molar-refractivity contribution in [1.82, 2.24) is 5.32 Å². The van der Waals surface area contributed by atoms with Gasteiger partial charge in [-0.05, 0) is 60.7 Å². The molecule has 0 unspecified atom stereocenters. The molecular weight excluding hydrogens is 553 g/mol. The number of alkyl halides is 7. The Hall–Kier alpha value is -3.70. The minimum Gasteiger partial charge on any atom is -0.428 e. The molecule has 3 aromatic carbocycles. The minimum absolute atomic E-state index is 0.344. The Balaban J connectivity index is 1.99. The van der Waals surface area contributed by atoms with Crippen molar-refractivity contribution >= 4 is 5.91 Å². The van der Waals surface area contributed by atoms with Gasteiger partial charge in [0.1, 0.15) is 17.4 Å². The predicted octanol–water partition coefficient (Wildman–Crippen LogP) is 7.54. The normalized spacial score (nSPS) is 15.6. The lowest BCUT2D eigenvalue weighted by Crippen LogP contribution is -2.49. The molecule has 12 heteroatoms. The van der Waals surface area contributed by atoms with E-state index in [0.29, 0.717) is 36.6 Å². The quantitative estimate of drug-likeness (QED) is 0.268. The molecule has 1 saturated carbocycles. The number of halogens is 9. The van der Waals surface area contributed by atoms with E-state index in [0.717, 1.165) is 23.8 Å². The van der Waals surface area contributed by atoms with E-state index in [9.17, 15) is 44.3 Å². The van der Waals surface area contributed by atoms with Gasteiger partial charge in [-0.2, -0.15) is 30.7 Å². The average Bonchev–Trinajstić information content (AvgIpc) is 3.69. The summed E-state index contributed by atoms with van der Waals surface area (Å²) < 4.78 is 127. The summed E-state index contributed by atoms with van der Waals surface area (Å²) >= 11 is 0. The van der Waals surface area contributed by atoms with Crippen molar-refractivity contribution in [2.75, 3.05) is 0 Å². The first-order chi connectivity index (χ1) is 18.6. The van der Waals surface area contributed by atoms with Gasteiger partial charge in [-0.15, -0.1) is 0 Å². The summed E-state index contributed by atoms with van der Waals surface area (Å²) in [5, 5.41) is 2.64. The summed E-state index contributed by atoms with van der Waals surface area (Å²) in [6.45, 7) is 1.76. The van der Waals surface area contributed by atoms with Gasteiger partial charge in [-0.1, -0.05) is 35.9 Å². The van der Waals surface area contributed by atoms with Gasteiger partial charge in [-0.25, -0.2) is 8.78 Å². The number of ether oxygens (including phenoxy) is 1. The number of aryl methyl sites for hydroxylation is 1. The number of carbonyl (C=O) groups excluding carboxylic acids is 1. The van der Waals surface area contributed by atoms with Crippen LogP contribution in [0.2, 0.25) is 0 Å². The summed E-state index contributed by atoms with van der Waals surface area (Å²) in [5.41, 5.74) is -3.29. The van der Waals surface area contributed by atoms with Gasteiger partial charge in [0.15, 0.2) is 0 Å². The van der Waals surface area contributed by atoms with E-state index in [1.54, 1.807) is 31.2 Å². The summed E-state index contributed by atoms with van der Waals surface area (Å²) in [6, 6.07) is 10.3. The lowest BCUT2D eigenvalue weighted by atomic mass is 9.77. The standard InChI is InChI=1S/C28H22F9NO2/c1-15-2-4-16(5-3-15)14-26(38-24(39)17-6-7-17,18-8-9-23(30)22(12-18)27(33,34)35)19-10-20(29)13-21(11-19)40-28(36,37)25(31)32/h2-5,8-13,17,25H,6-7,14H2,1H3,(H,38,39)/t26-/m0/s1. The fourth-order valence-corrected chi connectivity index (χ4v) is 4.31. The van der Waals surface area contributed by atoms with E-state index in [4.69, 9.17) is 0 Å². The first-order valence-corrected chi connectivity index (χ1v) is 12.0. The third-order valence-corrected chi connectivity index (χ3v) is 6.51. The van der Waals surface area contributed by atoms with E-state index in [1.807, 2.05) is 0 Å². The smallest absolute Gasteiger partial charge is 0.428 e. The molecular formula is C28H22F9NO2. The highest BCUT2D eigenvalue weighted by Crippen LogP contribution is 2.42. The molecule has 214 valence electrons. The van der Waals surface area contributed by atoms with Crippen LogP contribution in [0.15, 0.2) is 60.7 Å². The van der Waals surface area contributed by atoms with Gasteiger partial charge in [-0.3, -0.25) is 4.79 Å². The van der Waals surface area contributed by atoms with E-state index < -0.39 is 59.0 Å². The van der Waals surface area contributed by atoms with Gasteiger partial charge in [0.05, 0.1) is 11.1 Å². The summed E-state index contributed by atoms with van der Waals surface area (Å²) in [6.07, 6.45) is -13.9. The number of hydrogen-bond donors (Lipinski definition) is 1. The van der Waals surface area contributed by atoms with Crippen LogP contribution >= 0.6 is 0 Å². The molecule has 1 N–H and O–H groups in total. The highest BCUT2D eigenvalue weighted by Gasteiger charge is 2.46. The van der Waals surface area contributed by atoms with Gasteiger partial charge >= 0.3 is 18.7 Å². The lowest BCUT2D eigenvalue weighted by Gasteiger charge is -2.37. The van der Waals surface area contributed by atoms with Crippen LogP contribution in [0.1, 0.15) is 40.7 Å². The zero-order chi connectivity index (χ0) is 29.5. The maximum atomic E-state index is 14.8. The van der Waals surface area contributed by atoms with Crippen LogP contribution in [0.3, 0.4) is 0 Å². The first-order valence-electron chi connectivity index (χ1n) is 12.0. The van der Waals surface area contributed by atoms with Crippen molar-refractivity contribution < 1.29 is 49.0 Å². The summed E-state index contributed by atoms with van der Waals surface area (Å²) in [4.78, 5) is 13.1. The van der Waals surface area contributed by atoms with E-state index in [-0.39, 0.29) is 17.5 Å². The van der Waals surface area contributed by atoms with Crippen molar-refractivity contribution in [2.24, 2.45) is 5.92 Å². The molecule has 1 aliphatic rings. The van der Waals surface area contributed by atoms with Crippen molar-refractivity contribution in [2.45, 2.75) is 50.4 Å². The Labute approximate surface area is 223 Å². The molecule has 1 amide bonds. The third-order valence-electron chi connectivity index (χ3n) is 6.51. The number of amides is 1. The number of rotatable bonds is 9. The number of nitrogens with one attached hydrogen (secondary N) is 1. The summed E-state index contributed by atoms with van der Waals surface area (Å²) in [5.74, 6) is -5.09. The maximum Gasteiger partial charge on any atom is 0.461 e. The molecule has 1 aliphatic carbocycles. The molecule has 3 nitrogen and oxygen atoms in total. The van der Waals surface area contributed by atoms with Gasteiger partial charge < -0.3 is 10.1 Å². The van der Waals surface area contributed by atoms with Crippen LogP contribution in [0.4, 0.5) is 39.5 Å². The van der Waals surface area contributed by atoms with Crippen LogP contribution < -0.4 is 10.1 Å². The van der Waals surface area contributed by atoms with Gasteiger partial charge in [0, 0.05) is 18.4 Å². The Morgan fingerprint density at radius 3 is 2.15 bits per heavy atom. The lowest BCUT2D eigenvalue weighted by molar-refractivity contribution is -0.253. The van der Waals surface area contributed by atoms with Crippen molar-refractivity contribution in [3.8, 4) is 5.75 Å². The monoisotopic (exact) mass is 575 g/mol. The minimum atomic E-state index is -5.16. The van der Waals surface area contributed by atoms with Crippen LogP contribution in [-0.4, -0.2) is 18.4 Å². The van der Waals surface area contributed by atoms with Crippen LogP contribution in [0.5, 0.6) is 5.75 Å². The number of benzene rings is 3. The molecule has 0 bridgehead atoms. The highest BCUT2D eigenvalue weighted by molar-refractivity contribution is 5.82. The zero-order valence-electron chi connectivity index (χ0n) is 20.8. The van der Waals surface area contributed by atoms with E-state index >= 15 is 0 Å². The van der Waals surface area contributed by atoms with Crippen LogP contribution in [-0.2, 0) is 22.9 Å². The van der Waals surface area contributed by atoms with E-state index in [2.05, 4.69) is 10.1 Å². The number of carbonyl (C=O) groups is 1. The molecule has 0 aliphatic heterocycles. The molecule has 1 atom stereocenters. The second-order valence-corrected chi connectivity index (χ2v) is 9.66. The fourth-order valence-electron chi connectivity index (χ4n) is 4.31. The molecule has 3 aromatic rings. The van der Waals surface area contributed by atoms with Gasteiger partial charge in [0.2, 0.25) is 5.91 Å². The Bertz CT molecular complexity index is 1390.